The van der Waals surface area contributed by atoms with Crippen LogP contribution in [0.25, 0.3) is 0 Å². The van der Waals surface area contributed by atoms with Crippen LogP contribution in [0.1, 0.15) is 17.8 Å². The number of aryl methyl sites for hydroxylation is 2. The number of hydrogen-bond donors (Lipinski definition) is 0. The SMILES string of the molecule is Cc1c(Cl)cnn1CCC(=O)N(C)Cc1ccnn1C. The van der Waals surface area contributed by atoms with Gasteiger partial charge in [-0.15, -0.1) is 0 Å². The molecule has 0 atom stereocenters. The Kier molecular flexibility index (Phi) is 4.44. The van der Waals surface area contributed by atoms with Gasteiger partial charge in [-0.3, -0.25) is 14.2 Å². The molecular weight excluding hydrogens is 278 g/mol. The van der Waals surface area contributed by atoms with Crippen LogP contribution in [-0.4, -0.2) is 37.4 Å². The Morgan fingerprint density at radius 2 is 2.20 bits per heavy atom. The molecule has 2 rings (SSSR count). The quantitative estimate of drug-likeness (QED) is 0.842. The Labute approximate surface area is 122 Å². The van der Waals surface area contributed by atoms with Gasteiger partial charge in [0.15, 0.2) is 0 Å². The van der Waals surface area contributed by atoms with Crippen LogP contribution in [0.3, 0.4) is 0 Å². The number of hydrogen-bond acceptors (Lipinski definition) is 3. The molecule has 2 heterocycles. The zero-order valence-electron chi connectivity index (χ0n) is 11.9. The predicted molar refractivity (Wildman–Crippen MR) is 76.3 cm³/mol. The molecule has 0 aromatic carbocycles. The van der Waals surface area contributed by atoms with Crippen molar-refractivity contribution in [2.75, 3.05) is 7.05 Å². The fourth-order valence-electron chi connectivity index (χ4n) is 1.93. The molecule has 0 unspecified atom stereocenters. The molecule has 0 aliphatic heterocycles. The second-order valence-corrected chi connectivity index (χ2v) is 5.15. The summed E-state index contributed by atoms with van der Waals surface area (Å²) < 4.78 is 3.51. The van der Waals surface area contributed by atoms with Crippen molar-refractivity contribution >= 4 is 17.5 Å². The molecule has 0 N–H and O–H groups in total. The number of carbonyl (C=O) groups is 1. The van der Waals surface area contributed by atoms with Crippen molar-refractivity contribution < 1.29 is 4.79 Å². The van der Waals surface area contributed by atoms with Gasteiger partial charge in [0, 0.05) is 26.7 Å². The third-order valence-electron chi connectivity index (χ3n) is 3.33. The van der Waals surface area contributed by atoms with Gasteiger partial charge in [0.05, 0.1) is 35.7 Å². The van der Waals surface area contributed by atoms with E-state index in [4.69, 9.17) is 11.6 Å². The monoisotopic (exact) mass is 295 g/mol. The average molecular weight is 296 g/mol. The maximum absolute atomic E-state index is 12.1. The molecule has 0 saturated heterocycles. The second kappa shape index (κ2) is 6.09. The molecule has 0 fully saturated rings. The molecule has 0 bridgehead atoms. The van der Waals surface area contributed by atoms with Crippen LogP contribution in [0.4, 0.5) is 0 Å². The number of amides is 1. The van der Waals surface area contributed by atoms with E-state index in [1.165, 1.54) is 0 Å². The van der Waals surface area contributed by atoms with E-state index < -0.39 is 0 Å². The van der Waals surface area contributed by atoms with E-state index in [0.717, 1.165) is 11.4 Å². The molecule has 0 radical (unpaired) electrons. The lowest BCUT2D eigenvalue weighted by Gasteiger charge is -2.17. The van der Waals surface area contributed by atoms with Crippen molar-refractivity contribution in [1.82, 2.24) is 24.5 Å². The highest BCUT2D eigenvalue weighted by Crippen LogP contribution is 2.13. The Morgan fingerprint density at radius 1 is 1.45 bits per heavy atom. The Balaban J connectivity index is 1.88. The van der Waals surface area contributed by atoms with Crippen LogP contribution in [0, 0.1) is 6.92 Å². The second-order valence-electron chi connectivity index (χ2n) is 4.75. The molecule has 2 aromatic heterocycles. The molecular formula is C13H18ClN5O. The summed E-state index contributed by atoms with van der Waals surface area (Å²) in [5.74, 6) is 0.0669. The molecule has 2 aromatic rings. The Bertz CT molecular complexity index is 604. The van der Waals surface area contributed by atoms with E-state index >= 15 is 0 Å². The highest BCUT2D eigenvalue weighted by atomic mass is 35.5. The highest BCUT2D eigenvalue weighted by molar-refractivity contribution is 6.31. The minimum atomic E-state index is 0.0669. The lowest BCUT2D eigenvalue weighted by atomic mass is 10.3. The van der Waals surface area contributed by atoms with Gasteiger partial charge in [-0.1, -0.05) is 11.6 Å². The lowest BCUT2D eigenvalue weighted by Crippen LogP contribution is -2.28. The highest BCUT2D eigenvalue weighted by Gasteiger charge is 2.12. The van der Waals surface area contributed by atoms with Crippen molar-refractivity contribution in [2.45, 2.75) is 26.4 Å². The molecule has 6 nitrogen and oxygen atoms in total. The molecule has 0 saturated carbocycles. The third kappa shape index (κ3) is 3.19. The lowest BCUT2D eigenvalue weighted by molar-refractivity contribution is -0.130. The largest absolute Gasteiger partial charge is 0.340 e. The molecule has 108 valence electrons. The van der Waals surface area contributed by atoms with Crippen molar-refractivity contribution in [3.8, 4) is 0 Å². The maximum Gasteiger partial charge on any atom is 0.224 e. The summed E-state index contributed by atoms with van der Waals surface area (Å²) in [6.07, 6.45) is 3.72. The zero-order valence-corrected chi connectivity index (χ0v) is 12.6. The first-order chi connectivity index (χ1) is 9.49. The number of nitrogens with zero attached hydrogens (tertiary/aromatic N) is 5. The summed E-state index contributed by atoms with van der Waals surface area (Å²) in [7, 11) is 3.65. The van der Waals surface area contributed by atoms with Crippen molar-refractivity contribution in [1.29, 1.82) is 0 Å². The summed E-state index contributed by atoms with van der Waals surface area (Å²) >= 11 is 5.93. The molecule has 0 spiro atoms. The predicted octanol–water partition coefficient (Wildman–Crippen LogP) is 1.63. The molecule has 7 heteroatoms. The summed E-state index contributed by atoms with van der Waals surface area (Å²) in [4.78, 5) is 13.8. The Hall–Kier alpha value is -1.82. The van der Waals surface area contributed by atoms with Crippen LogP contribution >= 0.6 is 11.6 Å². The van der Waals surface area contributed by atoms with Crippen LogP contribution in [-0.2, 0) is 24.9 Å². The van der Waals surface area contributed by atoms with Gasteiger partial charge in [-0.05, 0) is 13.0 Å². The van der Waals surface area contributed by atoms with Crippen LogP contribution < -0.4 is 0 Å². The van der Waals surface area contributed by atoms with Gasteiger partial charge < -0.3 is 4.90 Å². The van der Waals surface area contributed by atoms with Gasteiger partial charge in [-0.25, -0.2) is 0 Å². The number of halogens is 1. The van der Waals surface area contributed by atoms with Gasteiger partial charge in [0.25, 0.3) is 0 Å². The van der Waals surface area contributed by atoms with E-state index in [1.807, 2.05) is 20.0 Å². The van der Waals surface area contributed by atoms with E-state index in [-0.39, 0.29) is 5.91 Å². The van der Waals surface area contributed by atoms with Gasteiger partial charge in [0.2, 0.25) is 5.91 Å². The first kappa shape index (κ1) is 14.6. The van der Waals surface area contributed by atoms with Crippen LogP contribution in [0.2, 0.25) is 5.02 Å². The summed E-state index contributed by atoms with van der Waals surface area (Å²) in [6.45, 7) is 2.97. The summed E-state index contributed by atoms with van der Waals surface area (Å²) in [5.41, 5.74) is 1.88. The first-order valence-electron chi connectivity index (χ1n) is 6.37. The normalized spacial score (nSPS) is 10.8. The van der Waals surface area contributed by atoms with E-state index in [2.05, 4.69) is 10.2 Å². The average Bonchev–Trinajstić information content (AvgIpc) is 2.96. The van der Waals surface area contributed by atoms with Gasteiger partial charge in [0.1, 0.15) is 0 Å². The fourth-order valence-corrected chi connectivity index (χ4v) is 2.07. The van der Waals surface area contributed by atoms with Crippen molar-refractivity contribution in [2.24, 2.45) is 7.05 Å². The van der Waals surface area contributed by atoms with Crippen molar-refractivity contribution in [3.05, 3.63) is 34.9 Å². The number of aromatic nitrogens is 4. The van der Waals surface area contributed by atoms with E-state index in [9.17, 15) is 4.79 Å². The summed E-state index contributed by atoms with van der Waals surface area (Å²) in [6, 6.07) is 1.90. The maximum atomic E-state index is 12.1. The number of carbonyl (C=O) groups excluding carboxylic acids is 1. The standard InChI is InChI=1S/C13H18ClN5O/c1-10-12(14)8-16-19(10)7-5-13(20)17(2)9-11-4-6-15-18(11)3/h4,6,8H,5,7,9H2,1-3H3. The first-order valence-corrected chi connectivity index (χ1v) is 6.75. The molecule has 0 aliphatic carbocycles. The van der Waals surface area contributed by atoms with Crippen LogP contribution in [0.5, 0.6) is 0 Å². The zero-order chi connectivity index (χ0) is 14.7. The molecule has 1 amide bonds. The number of rotatable bonds is 5. The van der Waals surface area contributed by atoms with Gasteiger partial charge in [-0.2, -0.15) is 10.2 Å². The van der Waals surface area contributed by atoms with E-state index in [1.54, 1.807) is 33.7 Å². The third-order valence-corrected chi connectivity index (χ3v) is 3.70. The molecule has 0 aliphatic rings. The minimum Gasteiger partial charge on any atom is -0.340 e. The van der Waals surface area contributed by atoms with Gasteiger partial charge >= 0.3 is 0 Å². The minimum absolute atomic E-state index is 0.0669. The van der Waals surface area contributed by atoms with Crippen LogP contribution in [0.15, 0.2) is 18.5 Å². The van der Waals surface area contributed by atoms with Crippen molar-refractivity contribution in [3.63, 3.8) is 0 Å². The Morgan fingerprint density at radius 3 is 2.75 bits per heavy atom. The fraction of sp³-hybridized carbons (Fsp3) is 0.462. The summed E-state index contributed by atoms with van der Waals surface area (Å²) in [5, 5.41) is 8.85. The topological polar surface area (TPSA) is 56.0 Å². The van der Waals surface area contributed by atoms with E-state index in [0.29, 0.717) is 24.5 Å². The molecule has 20 heavy (non-hydrogen) atoms. The smallest absolute Gasteiger partial charge is 0.224 e.